The molecule has 0 heterocycles. The predicted molar refractivity (Wildman–Crippen MR) is 68.2 cm³/mol. The highest BCUT2D eigenvalue weighted by Gasteiger charge is 2.29. The number of anilines is 1. The van der Waals surface area contributed by atoms with Crippen LogP contribution < -0.4 is 10.6 Å². The molecular weight excluding hydrogens is 198 g/mol. The molecule has 1 aliphatic rings. The Hall–Kier alpha value is -1.51. The van der Waals surface area contributed by atoms with Crippen molar-refractivity contribution < 1.29 is 0 Å². The summed E-state index contributed by atoms with van der Waals surface area (Å²) in [6.07, 6.45) is 2.53. The lowest BCUT2D eigenvalue weighted by molar-refractivity contribution is 0.825. The topological polar surface area (TPSA) is 53.1 Å². The van der Waals surface area contributed by atoms with Crippen molar-refractivity contribution in [1.29, 1.82) is 5.41 Å². The van der Waals surface area contributed by atoms with Gasteiger partial charge in [-0.15, -0.1) is 0 Å². The number of nitrogens with zero attached hydrogens (tertiary/aromatic N) is 1. The third-order valence-electron chi connectivity index (χ3n) is 3.08. The first-order valence-corrected chi connectivity index (χ1v) is 5.85. The summed E-state index contributed by atoms with van der Waals surface area (Å²) in [5.74, 6) is 0.165. The number of hydrogen-bond acceptors (Lipinski definition) is 2. The Bertz CT molecular complexity index is 408. The summed E-state index contributed by atoms with van der Waals surface area (Å²) in [6, 6.07) is 6.84. The molecule has 0 saturated heterocycles. The van der Waals surface area contributed by atoms with E-state index in [0.717, 1.165) is 23.4 Å². The van der Waals surface area contributed by atoms with Crippen LogP contribution in [0.15, 0.2) is 18.2 Å². The molecule has 0 aromatic heterocycles. The molecule has 2 rings (SSSR count). The van der Waals surface area contributed by atoms with Gasteiger partial charge in [0.25, 0.3) is 0 Å². The van der Waals surface area contributed by atoms with E-state index in [-0.39, 0.29) is 5.84 Å². The fraction of sp³-hybridized carbons (Fsp3) is 0.462. The first kappa shape index (κ1) is 11.0. The van der Waals surface area contributed by atoms with E-state index < -0.39 is 0 Å². The molecule has 3 nitrogen and oxygen atoms in total. The number of nitrogens with two attached hydrogens (primary N) is 1. The molecule has 0 bridgehead atoms. The van der Waals surface area contributed by atoms with Gasteiger partial charge >= 0.3 is 0 Å². The zero-order chi connectivity index (χ0) is 11.7. The molecule has 1 saturated carbocycles. The van der Waals surface area contributed by atoms with Crippen molar-refractivity contribution in [2.45, 2.75) is 32.7 Å². The second-order valence-corrected chi connectivity index (χ2v) is 4.45. The van der Waals surface area contributed by atoms with Gasteiger partial charge in [0.1, 0.15) is 5.84 Å². The van der Waals surface area contributed by atoms with Crippen LogP contribution in [0.25, 0.3) is 0 Å². The van der Waals surface area contributed by atoms with Crippen LogP contribution in [-0.4, -0.2) is 18.4 Å². The minimum absolute atomic E-state index is 0.165. The van der Waals surface area contributed by atoms with E-state index in [1.807, 2.05) is 13.0 Å². The van der Waals surface area contributed by atoms with E-state index in [2.05, 4.69) is 24.0 Å². The van der Waals surface area contributed by atoms with Crippen molar-refractivity contribution in [3.8, 4) is 0 Å². The maximum atomic E-state index is 7.65. The van der Waals surface area contributed by atoms with Gasteiger partial charge in [-0.05, 0) is 38.8 Å². The van der Waals surface area contributed by atoms with Gasteiger partial charge in [-0.25, -0.2) is 0 Å². The molecule has 1 aromatic rings. The van der Waals surface area contributed by atoms with E-state index >= 15 is 0 Å². The molecule has 3 heteroatoms. The zero-order valence-electron chi connectivity index (χ0n) is 9.96. The second kappa shape index (κ2) is 4.16. The summed E-state index contributed by atoms with van der Waals surface area (Å²) in [5, 5.41) is 7.65. The lowest BCUT2D eigenvalue weighted by Gasteiger charge is -2.25. The Morgan fingerprint density at radius 3 is 2.69 bits per heavy atom. The number of amidine groups is 1. The highest BCUT2D eigenvalue weighted by Crippen LogP contribution is 2.33. The van der Waals surface area contributed by atoms with Crippen LogP contribution in [0.2, 0.25) is 0 Å². The highest BCUT2D eigenvalue weighted by atomic mass is 15.2. The maximum absolute atomic E-state index is 7.65. The first-order valence-electron chi connectivity index (χ1n) is 5.85. The molecule has 16 heavy (non-hydrogen) atoms. The second-order valence-electron chi connectivity index (χ2n) is 4.45. The summed E-state index contributed by atoms with van der Waals surface area (Å²) >= 11 is 0. The normalized spacial score (nSPS) is 14.9. The average molecular weight is 217 g/mol. The largest absolute Gasteiger partial charge is 0.384 e. The SMILES string of the molecule is CCN(c1ccc(C)cc1C(=N)N)C1CC1. The Labute approximate surface area is 96.8 Å². The summed E-state index contributed by atoms with van der Waals surface area (Å²) in [7, 11) is 0. The van der Waals surface area contributed by atoms with Crippen molar-refractivity contribution in [2.75, 3.05) is 11.4 Å². The number of aryl methyl sites for hydroxylation is 1. The molecule has 0 atom stereocenters. The van der Waals surface area contributed by atoms with E-state index in [0.29, 0.717) is 6.04 Å². The highest BCUT2D eigenvalue weighted by molar-refractivity contribution is 6.00. The summed E-state index contributed by atoms with van der Waals surface area (Å²) in [5.41, 5.74) is 8.79. The minimum Gasteiger partial charge on any atom is -0.384 e. The smallest absolute Gasteiger partial charge is 0.124 e. The zero-order valence-corrected chi connectivity index (χ0v) is 9.96. The van der Waals surface area contributed by atoms with Crippen molar-refractivity contribution in [3.05, 3.63) is 29.3 Å². The van der Waals surface area contributed by atoms with E-state index in [9.17, 15) is 0 Å². The maximum Gasteiger partial charge on any atom is 0.124 e. The lowest BCUT2D eigenvalue weighted by Crippen LogP contribution is -2.28. The molecule has 86 valence electrons. The van der Waals surface area contributed by atoms with Crippen LogP contribution in [0.4, 0.5) is 5.69 Å². The van der Waals surface area contributed by atoms with E-state index in [1.165, 1.54) is 12.8 Å². The summed E-state index contributed by atoms with van der Waals surface area (Å²) in [4.78, 5) is 2.36. The fourth-order valence-electron chi connectivity index (χ4n) is 2.13. The molecule has 0 unspecified atom stereocenters. The van der Waals surface area contributed by atoms with Crippen LogP contribution in [0.5, 0.6) is 0 Å². The number of nitrogen functional groups attached to an aromatic ring is 1. The molecule has 1 aliphatic carbocycles. The van der Waals surface area contributed by atoms with Crippen molar-refractivity contribution in [3.63, 3.8) is 0 Å². The van der Waals surface area contributed by atoms with Gasteiger partial charge in [0.15, 0.2) is 0 Å². The van der Waals surface area contributed by atoms with Gasteiger partial charge in [0.05, 0.1) is 0 Å². The molecule has 0 amide bonds. The number of rotatable bonds is 4. The third-order valence-corrected chi connectivity index (χ3v) is 3.08. The molecule has 3 N–H and O–H groups in total. The quantitative estimate of drug-likeness (QED) is 0.600. The molecule has 0 radical (unpaired) electrons. The molecule has 0 spiro atoms. The Balaban J connectivity index is 2.41. The Kier molecular flexibility index (Phi) is 2.86. The predicted octanol–water partition coefficient (Wildman–Crippen LogP) is 2.27. The molecule has 1 aromatic carbocycles. The van der Waals surface area contributed by atoms with Crippen molar-refractivity contribution in [2.24, 2.45) is 5.73 Å². The summed E-state index contributed by atoms with van der Waals surface area (Å²) in [6.45, 7) is 5.17. The first-order chi connectivity index (χ1) is 7.63. The molecule has 1 fully saturated rings. The minimum atomic E-state index is 0.165. The van der Waals surface area contributed by atoms with Crippen LogP contribution in [0, 0.1) is 12.3 Å². The third kappa shape index (κ3) is 2.03. The van der Waals surface area contributed by atoms with Gasteiger partial charge in [-0.1, -0.05) is 11.6 Å². The Morgan fingerprint density at radius 1 is 1.50 bits per heavy atom. The molecule has 0 aliphatic heterocycles. The van der Waals surface area contributed by atoms with Crippen LogP contribution >= 0.6 is 0 Å². The summed E-state index contributed by atoms with van der Waals surface area (Å²) < 4.78 is 0. The number of benzene rings is 1. The number of hydrogen-bond donors (Lipinski definition) is 2. The van der Waals surface area contributed by atoms with Gasteiger partial charge in [-0.3, -0.25) is 5.41 Å². The lowest BCUT2D eigenvalue weighted by atomic mass is 10.1. The van der Waals surface area contributed by atoms with Crippen molar-refractivity contribution >= 4 is 11.5 Å². The number of nitrogens with one attached hydrogen (secondary N) is 1. The standard InChI is InChI=1S/C13H19N3/c1-3-16(10-5-6-10)12-7-4-9(2)8-11(12)13(14)15/h4,7-8,10H,3,5-6H2,1-2H3,(H3,14,15). The monoisotopic (exact) mass is 217 g/mol. The van der Waals surface area contributed by atoms with Gasteiger partial charge in [-0.2, -0.15) is 0 Å². The fourth-order valence-corrected chi connectivity index (χ4v) is 2.13. The average Bonchev–Trinajstić information content (AvgIpc) is 3.05. The van der Waals surface area contributed by atoms with E-state index in [4.69, 9.17) is 11.1 Å². The van der Waals surface area contributed by atoms with E-state index in [1.54, 1.807) is 0 Å². The van der Waals surface area contributed by atoms with Gasteiger partial charge in [0, 0.05) is 23.8 Å². The van der Waals surface area contributed by atoms with Crippen LogP contribution in [-0.2, 0) is 0 Å². The van der Waals surface area contributed by atoms with Crippen molar-refractivity contribution in [1.82, 2.24) is 0 Å². The van der Waals surface area contributed by atoms with Gasteiger partial charge < -0.3 is 10.6 Å². The van der Waals surface area contributed by atoms with Crippen LogP contribution in [0.3, 0.4) is 0 Å². The Morgan fingerprint density at radius 2 is 2.19 bits per heavy atom. The van der Waals surface area contributed by atoms with Gasteiger partial charge in [0.2, 0.25) is 0 Å². The molecular formula is C13H19N3. The van der Waals surface area contributed by atoms with Crippen LogP contribution in [0.1, 0.15) is 30.9 Å².